The first-order valence-electron chi connectivity index (χ1n) is 3.02. The summed E-state index contributed by atoms with van der Waals surface area (Å²) in [5.74, 6) is -0.635. The molecule has 5 N–H and O–H groups in total. The fraction of sp³-hybridized carbons (Fsp3) is 0.800. The molecule has 0 aromatic heterocycles. The highest BCUT2D eigenvalue weighted by Crippen LogP contribution is 2.06. The van der Waals surface area contributed by atoms with Crippen LogP contribution in [0.15, 0.2) is 0 Å². The Morgan fingerprint density at radius 3 is 2.40 bits per heavy atom. The van der Waals surface area contributed by atoms with Crippen LogP contribution in [0.4, 0.5) is 0 Å². The monoisotopic (exact) mass is 146 g/mol. The van der Waals surface area contributed by atoms with E-state index in [1.807, 2.05) is 0 Å². The van der Waals surface area contributed by atoms with Gasteiger partial charge in [-0.15, -0.1) is 0 Å². The number of aliphatic hydroxyl groups is 2. The molecule has 10 heavy (non-hydrogen) atoms. The van der Waals surface area contributed by atoms with Gasteiger partial charge in [0.15, 0.2) is 0 Å². The Bertz CT molecular complexity index is 150. The molecule has 0 aromatic rings. The second-order valence-electron chi connectivity index (χ2n) is 2.35. The molecular formula is C5H10N2O3. The van der Waals surface area contributed by atoms with Crippen molar-refractivity contribution in [2.45, 2.75) is 18.2 Å². The van der Waals surface area contributed by atoms with E-state index in [0.717, 1.165) is 0 Å². The summed E-state index contributed by atoms with van der Waals surface area (Å²) >= 11 is 0. The van der Waals surface area contributed by atoms with E-state index in [1.54, 1.807) is 0 Å². The highest BCUT2D eigenvalue weighted by molar-refractivity contribution is 5.81. The molecular weight excluding hydrogens is 136 g/mol. The van der Waals surface area contributed by atoms with Crippen molar-refractivity contribution in [2.24, 2.45) is 5.73 Å². The van der Waals surface area contributed by atoms with Gasteiger partial charge in [0.25, 0.3) is 0 Å². The number of primary amides is 1. The molecule has 5 nitrogen and oxygen atoms in total. The maximum atomic E-state index is 10.4. The standard InChI is InChI=1S/C5H10N2O3/c6-5(10)3-4(9)2(8)1-7-3/h2-4,7-9H,1H2,(H2,6,10)/t2-,3-,4+/m0/s1. The lowest BCUT2D eigenvalue weighted by atomic mass is 10.1. The second kappa shape index (κ2) is 2.53. The molecule has 0 aromatic carbocycles. The van der Waals surface area contributed by atoms with E-state index in [0.29, 0.717) is 0 Å². The van der Waals surface area contributed by atoms with E-state index in [1.165, 1.54) is 0 Å². The average molecular weight is 146 g/mol. The van der Waals surface area contributed by atoms with E-state index in [2.05, 4.69) is 5.32 Å². The molecule has 5 heteroatoms. The molecule has 58 valence electrons. The molecule has 0 bridgehead atoms. The van der Waals surface area contributed by atoms with Crippen molar-refractivity contribution in [3.05, 3.63) is 0 Å². The maximum absolute atomic E-state index is 10.4. The number of carbonyl (C=O) groups excluding carboxylic acids is 1. The first-order valence-corrected chi connectivity index (χ1v) is 3.02. The van der Waals surface area contributed by atoms with E-state index in [4.69, 9.17) is 15.9 Å². The van der Waals surface area contributed by atoms with Crippen molar-refractivity contribution < 1.29 is 15.0 Å². The molecule has 1 aliphatic rings. The summed E-state index contributed by atoms with van der Waals surface area (Å²) in [6, 6.07) is -0.796. The Hall–Kier alpha value is -0.650. The summed E-state index contributed by atoms with van der Waals surface area (Å²) in [7, 11) is 0. The zero-order valence-electron chi connectivity index (χ0n) is 5.32. The van der Waals surface area contributed by atoms with Crippen LogP contribution in [-0.4, -0.2) is 40.9 Å². The van der Waals surface area contributed by atoms with Gasteiger partial charge < -0.3 is 21.3 Å². The summed E-state index contributed by atoms with van der Waals surface area (Å²) in [4.78, 5) is 10.4. The predicted molar refractivity (Wildman–Crippen MR) is 33.0 cm³/mol. The molecule has 0 spiro atoms. The summed E-state index contributed by atoms with van der Waals surface area (Å²) < 4.78 is 0. The Kier molecular flexibility index (Phi) is 1.89. The molecule has 1 saturated heterocycles. The van der Waals surface area contributed by atoms with Gasteiger partial charge in [0.05, 0.1) is 6.10 Å². The fourth-order valence-electron chi connectivity index (χ4n) is 0.980. The minimum Gasteiger partial charge on any atom is -0.389 e. The van der Waals surface area contributed by atoms with Crippen LogP contribution in [0, 0.1) is 0 Å². The van der Waals surface area contributed by atoms with Gasteiger partial charge >= 0.3 is 0 Å². The predicted octanol–water partition coefficient (Wildman–Crippen LogP) is -2.83. The van der Waals surface area contributed by atoms with Gasteiger partial charge in [0, 0.05) is 6.54 Å². The molecule has 3 atom stereocenters. The smallest absolute Gasteiger partial charge is 0.237 e. The number of hydrogen-bond donors (Lipinski definition) is 4. The first kappa shape index (κ1) is 7.46. The third-order valence-corrected chi connectivity index (χ3v) is 1.59. The summed E-state index contributed by atoms with van der Waals surface area (Å²) in [6.45, 7) is 0.217. The van der Waals surface area contributed by atoms with Crippen molar-refractivity contribution in [1.82, 2.24) is 5.32 Å². The molecule has 1 fully saturated rings. The number of nitrogens with one attached hydrogen (secondary N) is 1. The largest absolute Gasteiger partial charge is 0.389 e. The number of nitrogens with two attached hydrogens (primary N) is 1. The van der Waals surface area contributed by atoms with E-state index >= 15 is 0 Å². The lowest BCUT2D eigenvalue weighted by molar-refractivity contribution is -0.122. The molecule has 1 rings (SSSR count). The Labute approximate surface area is 57.8 Å². The first-order chi connectivity index (χ1) is 4.63. The van der Waals surface area contributed by atoms with Crippen LogP contribution < -0.4 is 11.1 Å². The van der Waals surface area contributed by atoms with E-state index in [-0.39, 0.29) is 6.54 Å². The fourth-order valence-corrected chi connectivity index (χ4v) is 0.980. The molecule has 1 aliphatic heterocycles. The minimum atomic E-state index is -1.06. The lowest BCUT2D eigenvalue weighted by Crippen LogP contribution is -2.44. The third-order valence-electron chi connectivity index (χ3n) is 1.59. The number of aliphatic hydroxyl groups excluding tert-OH is 2. The number of hydrogen-bond acceptors (Lipinski definition) is 4. The van der Waals surface area contributed by atoms with Crippen LogP contribution in [0.3, 0.4) is 0 Å². The number of carbonyl (C=O) groups is 1. The van der Waals surface area contributed by atoms with Crippen molar-refractivity contribution in [3.63, 3.8) is 0 Å². The van der Waals surface area contributed by atoms with Crippen molar-refractivity contribution in [1.29, 1.82) is 0 Å². The number of rotatable bonds is 1. The quantitative estimate of drug-likeness (QED) is 0.320. The van der Waals surface area contributed by atoms with Crippen LogP contribution in [-0.2, 0) is 4.79 Å². The van der Waals surface area contributed by atoms with Gasteiger partial charge in [0.2, 0.25) is 5.91 Å². The SMILES string of the molecule is NC(=O)[C@H]1NC[C@H](O)[C@H]1O. The van der Waals surface area contributed by atoms with Gasteiger partial charge in [-0.3, -0.25) is 4.79 Å². The summed E-state index contributed by atoms with van der Waals surface area (Å²) in [5.41, 5.74) is 4.88. The number of amides is 1. The molecule has 1 heterocycles. The van der Waals surface area contributed by atoms with Crippen LogP contribution in [0.2, 0.25) is 0 Å². The second-order valence-corrected chi connectivity index (χ2v) is 2.35. The van der Waals surface area contributed by atoms with Crippen molar-refractivity contribution >= 4 is 5.91 Å². The summed E-state index contributed by atoms with van der Waals surface area (Å²) in [6.07, 6.45) is -1.94. The van der Waals surface area contributed by atoms with Crippen LogP contribution in [0.25, 0.3) is 0 Å². The minimum absolute atomic E-state index is 0.217. The third kappa shape index (κ3) is 1.11. The van der Waals surface area contributed by atoms with E-state index < -0.39 is 24.2 Å². The van der Waals surface area contributed by atoms with Crippen LogP contribution in [0.1, 0.15) is 0 Å². The van der Waals surface area contributed by atoms with Gasteiger partial charge in [0.1, 0.15) is 12.1 Å². The molecule has 0 radical (unpaired) electrons. The Balaban J connectivity index is 2.57. The van der Waals surface area contributed by atoms with Crippen LogP contribution in [0.5, 0.6) is 0 Å². The van der Waals surface area contributed by atoms with E-state index in [9.17, 15) is 4.79 Å². The van der Waals surface area contributed by atoms with Gasteiger partial charge in [-0.05, 0) is 0 Å². The highest BCUT2D eigenvalue weighted by atomic mass is 16.3. The Morgan fingerprint density at radius 2 is 2.20 bits per heavy atom. The molecule has 0 saturated carbocycles. The lowest BCUT2D eigenvalue weighted by Gasteiger charge is -2.10. The van der Waals surface area contributed by atoms with Crippen molar-refractivity contribution in [3.8, 4) is 0 Å². The Morgan fingerprint density at radius 1 is 1.60 bits per heavy atom. The number of β-amino-alcohol motifs (C(OH)–C–C–N with tert-alkyl or cyclic N) is 1. The van der Waals surface area contributed by atoms with Crippen LogP contribution >= 0.6 is 0 Å². The average Bonchev–Trinajstić information content (AvgIpc) is 2.14. The molecule has 0 aliphatic carbocycles. The van der Waals surface area contributed by atoms with Crippen molar-refractivity contribution in [2.75, 3.05) is 6.54 Å². The highest BCUT2D eigenvalue weighted by Gasteiger charge is 2.36. The topological polar surface area (TPSA) is 95.6 Å². The zero-order valence-corrected chi connectivity index (χ0v) is 5.32. The molecule has 1 amide bonds. The molecule has 0 unspecified atom stereocenters. The zero-order chi connectivity index (χ0) is 7.72. The summed E-state index contributed by atoms with van der Waals surface area (Å²) in [5, 5.41) is 20.5. The normalized spacial score (nSPS) is 40.0. The van der Waals surface area contributed by atoms with Gasteiger partial charge in [-0.1, -0.05) is 0 Å². The van der Waals surface area contributed by atoms with Gasteiger partial charge in [-0.25, -0.2) is 0 Å². The van der Waals surface area contributed by atoms with Gasteiger partial charge in [-0.2, -0.15) is 0 Å². The maximum Gasteiger partial charge on any atom is 0.237 e.